The van der Waals surface area contributed by atoms with E-state index < -0.39 is 29.4 Å². The standard InChI is InChI=1S/C12H12FNO4/c13-7-3-1-4-8(10(7)12(16)17)14-11(15)9-5-2-6-18-9/h1,3-4,9H,2,5-6H2,(H,14,15)(H,16,17)/t9-/m1/s1. The number of rotatable bonds is 3. The highest BCUT2D eigenvalue weighted by molar-refractivity contribution is 6.02. The summed E-state index contributed by atoms with van der Waals surface area (Å²) in [6.45, 7) is 0.507. The molecule has 1 amide bonds. The summed E-state index contributed by atoms with van der Waals surface area (Å²) in [7, 11) is 0. The Morgan fingerprint density at radius 2 is 2.22 bits per heavy atom. The molecule has 2 rings (SSSR count). The lowest BCUT2D eigenvalue weighted by Crippen LogP contribution is -2.27. The lowest BCUT2D eigenvalue weighted by Gasteiger charge is -2.12. The minimum atomic E-state index is -1.42. The maximum Gasteiger partial charge on any atom is 0.340 e. The van der Waals surface area contributed by atoms with Gasteiger partial charge in [0, 0.05) is 6.61 Å². The van der Waals surface area contributed by atoms with Gasteiger partial charge in [-0.25, -0.2) is 9.18 Å². The van der Waals surface area contributed by atoms with E-state index in [2.05, 4.69) is 5.32 Å². The number of carboxylic acid groups (broad SMARTS) is 1. The Kier molecular flexibility index (Phi) is 3.57. The Hall–Kier alpha value is -1.95. The van der Waals surface area contributed by atoms with E-state index in [1.807, 2.05) is 0 Å². The predicted molar refractivity (Wildman–Crippen MR) is 61.0 cm³/mol. The van der Waals surface area contributed by atoms with Crippen molar-refractivity contribution in [3.8, 4) is 0 Å². The van der Waals surface area contributed by atoms with E-state index in [1.165, 1.54) is 12.1 Å². The maximum absolute atomic E-state index is 13.4. The normalized spacial score (nSPS) is 18.6. The average Bonchev–Trinajstić information content (AvgIpc) is 2.81. The number of nitrogens with one attached hydrogen (secondary N) is 1. The molecule has 1 aromatic rings. The van der Waals surface area contributed by atoms with Crippen molar-refractivity contribution in [3.63, 3.8) is 0 Å². The van der Waals surface area contributed by atoms with Crippen LogP contribution in [-0.2, 0) is 9.53 Å². The van der Waals surface area contributed by atoms with Gasteiger partial charge in [-0.05, 0) is 25.0 Å². The van der Waals surface area contributed by atoms with E-state index in [1.54, 1.807) is 0 Å². The largest absolute Gasteiger partial charge is 0.478 e. The first kappa shape index (κ1) is 12.5. The lowest BCUT2D eigenvalue weighted by atomic mass is 10.1. The number of halogens is 1. The molecule has 1 fully saturated rings. The van der Waals surface area contributed by atoms with E-state index in [4.69, 9.17) is 9.84 Å². The third kappa shape index (κ3) is 2.48. The third-order valence-corrected chi connectivity index (χ3v) is 2.71. The highest BCUT2D eigenvalue weighted by atomic mass is 19.1. The van der Waals surface area contributed by atoms with Crippen LogP contribution in [0.1, 0.15) is 23.2 Å². The van der Waals surface area contributed by atoms with Gasteiger partial charge >= 0.3 is 5.97 Å². The Labute approximate surface area is 103 Å². The SMILES string of the molecule is O=C(O)c1c(F)cccc1NC(=O)[C@H]1CCCO1. The van der Waals surface area contributed by atoms with Gasteiger partial charge in [0.05, 0.1) is 5.69 Å². The van der Waals surface area contributed by atoms with Gasteiger partial charge in [0.15, 0.2) is 0 Å². The fourth-order valence-electron chi connectivity index (χ4n) is 1.84. The molecule has 0 aromatic heterocycles. The number of amides is 1. The topological polar surface area (TPSA) is 75.6 Å². The number of carbonyl (C=O) groups is 2. The summed E-state index contributed by atoms with van der Waals surface area (Å²) in [5, 5.41) is 11.3. The molecule has 1 aromatic carbocycles. The van der Waals surface area contributed by atoms with Crippen molar-refractivity contribution in [1.82, 2.24) is 0 Å². The fraction of sp³-hybridized carbons (Fsp3) is 0.333. The third-order valence-electron chi connectivity index (χ3n) is 2.71. The van der Waals surface area contributed by atoms with Crippen LogP contribution in [0.25, 0.3) is 0 Å². The van der Waals surface area contributed by atoms with Crippen molar-refractivity contribution < 1.29 is 23.8 Å². The summed E-state index contributed by atoms with van der Waals surface area (Å²) < 4.78 is 18.5. The molecular formula is C12H12FNO4. The zero-order valence-electron chi connectivity index (χ0n) is 9.48. The molecule has 0 bridgehead atoms. The van der Waals surface area contributed by atoms with E-state index in [0.29, 0.717) is 13.0 Å². The zero-order valence-corrected chi connectivity index (χ0v) is 9.48. The first-order valence-corrected chi connectivity index (χ1v) is 5.54. The van der Waals surface area contributed by atoms with Crippen LogP contribution >= 0.6 is 0 Å². The fourth-order valence-corrected chi connectivity index (χ4v) is 1.84. The van der Waals surface area contributed by atoms with Gasteiger partial charge < -0.3 is 15.2 Å². The van der Waals surface area contributed by atoms with Crippen molar-refractivity contribution in [3.05, 3.63) is 29.6 Å². The van der Waals surface area contributed by atoms with Crippen LogP contribution in [0.15, 0.2) is 18.2 Å². The van der Waals surface area contributed by atoms with E-state index in [-0.39, 0.29) is 5.69 Å². The summed E-state index contributed by atoms with van der Waals surface area (Å²) >= 11 is 0. The van der Waals surface area contributed by atoms with Crippen LogP contribution in [0.3, 0.4) is 0 Å². The predicted octanol–water partition coefficient (Wildman–Crippen LogP) is 1.64. The number of carboxylic acids is 1. The second-order valence-corrected chi connectivity index (χ2v) is 3.96. The number of aromatic carboxylic acids is 1. The minimum Gasteiger partial charge on any atom is -0.478 e. The molecule has 1 aliphatic heterocycles. The molecule has 1 saturated heterocycles. The molecule has 0 aliphatic carbocycles. The van der Waals surface area contributed by atoms with Gasteiger partial charge in [0.1, 0.15) is 17.5 Å². The van der Waals surface area contributed by atoms with Gasteiger partial charge in [-0.1, -0.05) is 6.07 Å². The number of hydrogen-bond donors (Lipinski definition) is 2. The summed E-state index contributed by atoms with van der Waals surface area (Å²) in [5.74, 6) is -2.75. The molecule has 1 atom stereocenters. The van der Waals surface area contributed by atoms with Gasteiger partial charge in [0.2, 0.25) is 0 Å². The van der Waals surface area contributed by atoms with Crippen molar-refractivity contribution in [2.45, 2.75) is 18.9 Å². The Morgan fingerprint density at radius 1 is 1.44 bits per heavy atom. The number of benzene rings is 1. The second kappa shape index (κ2) is 5.14. The Bertz CT molecular complexity index is 483. The molecule has 0 saturated carbocycles. The zero-order chi connectivity index (χ0) is 13.1. The number of carbonyl (C=O) groups excluding carboxylic acids is 1. The van der Waals surface area contributed by atoms with Crippen molar-refractivity contribution in [2.75, 3.05) is 11.9 Å². The summed E-state index contributed by atoms with van der Waals surface area (Å²) in [6.07, 6.45) is 0.784. The molecule has 2 N–H and O–H groups in total. The van der Waals surface area contributed by atoms with Crippen LogP contribution in [0.5, 0.6) is 0 Å². The molecular weight excluding hydrogens is 241 g/mol. The van der Waals surface area contributed by atoms with Crippen molar-refractivity contribution >= 4 is 17.6 Å². The van der Waals surface area contributed by atoms with E-state index in [9.17, 15) is 14.0 Å². The average molecular weight is 253 g/mol. The Morgan fingerprint density at radius 3 is 2.83 bits per heavy atom. The highest BCUT2D eigenvalue weighted by Crippen LogP contribution is 2.21. The van der Waals surface area contributed by atoms with Crippen LogP contribution in [0, 0.1) is 5.82 Å². The van der Waals surface area contributed by atoms with Crippen LogP contribution in [0.2, 0.25) is 0 Å². The number of anilines is 1. The summed E-state index contributed by atoms with van der Waals surface area (Å²) in [4.78, 5) is 22.7. The van der Waals surface area contributed by atoms with Crippen LogP contribution in [0.4, 0.5) is 10.1 Å². The van der Waals surface area contributed by atoms with E-state index >= 15 is 0 Å². The maximum atomic E-state index is 13.4. The molecule has 0 unspecified atom stereocenters. The number of ether oxygens (including phenoxy) is 1. The van der Waals surface area contributed by atoms with Gasteiger partial charge in [-0.15, -0.1) is 0 Å². The lowest BCUT2D eigenvalue weighted by molar-refractivity contribution is -0.124. The molecule has 0 spiro atoms. The monoisotopic (exact) mass is 253 g/mol. The molecule has 5 nitrogen and oxygen atoms in total. The highest BCUT2D eigenvalue weighted by Gasteiger charge is 2.25. The van der Waals surface area contributed by atoms with Gasteiger partial charge in [0.25, 0.3) is 5.91 Å². The van der Waals surface area contributed by atoms with Gasteiger partial charge in [-0.3, -0.25) is 4.79 Å². The molecule has 18 heavy (non-hydrogen) atoms. The first-order valence-electron chi connectivity index (χ1n) is 5.54. The summed E-state index contributed by atoms with van der Waals surface area (Å²) in [6, 6.07) is 3.72. The smallest absolute Gasteiger partial charge is 0.340 e. The Balaban J connectivity index is 2.20. The second-order valence-electron chi connectivity index (χ2n) is 3.96. The summed E-state index contributed by atoms with van der Waals surface area (Å²) in [5.41, 5.74) is -0.591. The molecule has 96 valence electrons. The van der Waals surface area contributed by atoms with Crippen LogP contribution < -0.4 is 5.32 Å². The molecule has 1 heterocycles. The van der Waals surface area contributed by atoms with E-state index in [0.717, 1.165) is 12.5 Å². The van der Waals surface area contributed by atoms with Crippen molar-refractivity contribution in [1.29, 1.82) is 0 Å². The van der Waals surface area contributed by atoms with Crippen molar-refractivity contribution in [2.24, 2.45) is 0 Å². The quantitative estimate of drug-likeness (QED) is 0.858. The molecule has 6 heteroatoms. The first-order chi connectivity index (χ1) is 8.59. The number of hydrogen-bond acceptors (Lipinski definition) is 3. The molecule has 0 radical (unpaired) electrons. The van der Waals surface area contributed by atoms with Gasteiger partial charge in [-0.2, -0.15) is 0 Å². The minimum absolute atomic E-state index is 0.0528. The molecule has 1 aliphatic rings. The van der Waals surface area contributed by atoms with Crippen LogP contribution in [-0.4, -0.2) is 29.7 Å².